The highest BCUT2D eigenvalue weighted by molar-refractivity contribution is 9.10. The molecule has 0 saturated heterocycles. The predicted molar refractivity (Wildman–Crippen MR) is 132 cm³/mol. The molecule has 0 radical (unpaired) electrons. The van der Waals surface area contributed by atoms with Crippen molar-refractivity contribution >= 4 is 62.4 Å². The largest absolute Gasteiger partial charge is 0.490 e. The highest BCUT2D eigenvalue weighted by Crippen LogP contribution is 2.36. The van der Waals surface area contributed by atoms with Gasteiger partial charge in [-0.05, 0) is 55.0 Å². The van der Waals surface area contributed by atoms with E-state index < -0.39 is 5.97 Å². The van der Waals surface area contributed by atoms with E-state index in [1.54, 1.807) is 30.3 Å². The van der Waals surface area contributed by atoms with Gasteiger partial charge in [-0.25, -0.2) is 4.79 Å². The lowest BCUT2D eigenvalue weighted by Gasteiger charge is -2.17. The Balaban J connectivity index is 1.79. The number of halogens is 4. The Morgan fingerprint density at radius 3 is 2.34 bits per heavy atom. The predicted octanol–water partition coefficient (Wildman–Crippen LogP) is 7.70. The smallest absolute Gasteiger partial charge is 0.337 e. The van der Waals surface area contributed by atoms with E-state index in [-0.39, 0.29) is 17.2 Å². The Hall–Kier alpha value is -2.12. The van der Waals surface area contributed by atoms with Gasteiger partial charge in [0, 0.05) is 32.3 Å². The van der Waals surface area contributed by atoms with Crippen LogP contribution in [-0.4, -0.2) is 17.7 Å². The minimum absolute atomic E-state index is 0.0349. The summed E-state index contributed by atoms with van der Waals surface area (Å²) in [5.74, 6) is 0.0229. The zero-order chi connectivity index (χ0) is 23.3. The lowest BCUT2D eigenvalue weighted by atomic mass is 10.1. The zero-order valence-electron chi connectivity index (χ0n) is 16.9. The van der Waals surface area contributed by atoms with Crippen LogP contribution in [0.4, 0.5) is 5.69 Å². The van der Waals surface area contributed by atoms with Gasteiger partial charge in [0.25, 0.3) is 0 Å². The zero-order valence-corrected chi connectivity index (χ0v) is 20.8. The topological polar surface area (TPSA) is 67.8 Å². The van der Waals surface area contributed by atoms with E-state index >= 15 is 0 Å². The fourth-order valence-electron chi connectivity index (χ4n) is 2.91. The summed E-state index contributed by atoms with van der Waals surface area (Å²) in [6.45, 7) is 2.94. The number of carboxylic acids is 1. The molecule has 0 bridgehead atoms. The quantitative estimate of drug-likeness (QED) is 0.281. The number of hydrogen-bond donors (Lipinski definition) is 2. The van der Waals surface area contributed by atoms with Gasteiger partial charge in [0.1, 0.15) is 6.61 Å². The van der Waals surface area contributed by atoms with Crippen molar-refractivity contribution < 1.29 is 19.4 Å². The molecular weight excluding hydrogens is 541 g/mol. The molecule has 0 spiro atoms. The van der Waals surface area contributed by atoms with Gasteiger partial charge in [-0.3, -0.25) is 0 Å². The summed E-state index contributed by atoms with van der Waals surface area (Å²) >= 11 is 22.0. The maximum Gasteiger partial charge on any atom is 0.337 e. The number of aromatic carboxylic acids is 1. The lowest BCUT2D eigenvalue weighted by Crippen LogP contribution is -2.05. The highest BCUT2D eigenvalue weighted by Gasteiger charge is 2.14. The standard InChI is InChI=1S/C23H19BrCl3NO4/c1-2-31-21-8-13(11-28-14-6-7-20(27)15(9-14)23(29)30)17(24)10-22(21)32-12-16-18(25)4-3-5-19(16)26/h3-10,28H,2,11-12H2,1H3,(H,29,30). The van der Waals surface area contributed by atoms with Crippen LogP contribution < -0.4 is 14.8 Å². The fraction of sp³-hybridized carbons (Fsp3) is 0.174. The van der Waals surface area contributed by atoms with Gasteiger partial charge in [-0.1, -0.05) is 56.8 Å². The molecule has 0 atom stereocenters. The summed E-state index contributed by atoms with van der Waals surface area (Å²) < 4.78 is 12.5. The second-order valence-corrected chi connectivity index (χ2v) is 8.74. The van der Waals surface area contributed by atoms with Crippen LogP contribution in [0.5, 0.6) is 11.5 Å². The van der Waals surface area contributed by atoms with Gasteiger partial charge in [-0.15, -0.1) is 0 Å². The van der Waals surface area contributed by atoms with Crippen LogP contribution in [0.2, 0.25) is 15.1 Å². The summed E-state index contributed by atoms with van der Waals surface area (Å²) in [5, 5.41) is 13.7. The van der Waals surface area contributed by atoms with Crippen molar-refractivity contribution in [2.24, 2.45) is 0 Å². The lowest BCUT2D eigenvalue weighted by molar-refractivity contribution is 0.0697. The molecule has 168 valence electrons. The molecule has 0 fully saturated rings. The molecule has 0 unspecified atom stereocenters. The summed E-state index contributed by atoms with van der Waals surface area (Å²) in [6, 6.07) is 13.7. The first-order valence-electron chi connectivity index (χ1n) is 9.57. The highest BCUT2D eigenvalue weighted by atomic mass is 79.9. The van der Waals surface area contributed by atoms with Gasteiger partial charge in [-0.2, -0.15) is 0 Å². The van der Waals surface area contributed by atoms with Crippen LogP contribution in [0.3, 0.4) is 0 Å². The Kier molecular flexibility index (Phi) is 8.54. The number of ether oxygens (including phenoxy) is 2. The van der Waals surface area contributed by atoms with E-state index in [2.05, 4.69) is 21.2 Å². The van der Waals surface area contributed by atoms with Crippen molar-refractivity contribution in [3.8, 4) is 11.5 Å². The maximum atomic E-state index is 11.3. The molecule has 3 rings (SSSR count). The fourth-order valence-corrected chi connectivity index (χ4v) is 4.08. The Bertz CT molecular complexity index is 1120. The molecule has 0 aliphatic carbocycles. The van der Waals surface area contributed by atoms with E-state index in [1.165, 1.54) is 6.07 Å². The molecule has 0 aliphatic heterocycles. The molecule has 9 heteroatoms. The molecule has 3 aromatic rings. The van der Waals surface area contributed by atoms with E-state index in [0.717, 1.165) is 10.0 Å². The molecule has 0 heterocycles. The third kappa shape index (κ3) is 6.01. The molecule has 5 nitrogen and oxygen atoms in total. The monoisotopic (exact) mass is 557 g/mol. The average Bonchev–Trinajstić information content (AvgIpc) is 2.75. The van der Waals surface area contributed by atoms with Crippen LogP contribution in [0.25, 0.3) is 0 Å². The summed E-state index contributed by atoms with van der Waals surface area (Å²) in [4.78, 5) is 11.3. The van der Waals surface area contributed by atoms with Gasteiger partial charge in [0.15, 0.2) is 11.5 Å². The molecule has 0 saturated carbocycles. The number of anilines is 1. The third-order valence-electron chi connectivity index (χ3n) is 4.53. The van der Waals surface area contributed by atoms with Crippen molar-refractivity contribution in [2.75, 3.05) is 11.9 Å². The van der Waals surface area contributed by atoms with Gasteiger partial charge in [0.2, 0.25) is 0 Å². The van der Waals surface area contributed by atoms with Gasteiger partial charge < -0.3 is 19.9 Å². The first-order chi connectivity index (χ1) is 15.3. The van der Waals surface area contributed by atoms with Crippen LogP contribution in [0.15, 0.2) is 53.0 Å². The van der Waals surface area contributed by atoms with Crippen LogP contribution in [0.1, 0.15) is 28.4 Å². The summed E-state index contributed by atoms with van der Waals surface area (Å²) in [6.07, 6.45) is 0. The summed E-state index contributed by atoms with van der Waals surface area (Å²) in [5.41, 5.74) is 2.25. The maximum absolute atomic E-state index is 11.3. The van der Waals surface area contributed by atoms with Crippen molar-refractivity contribution in [1.29, 1.82) is 0 Å². The third-order valence-corrected chi connectivity index (χ3v) is 6.30. The van der Waals surface area contributed by atoms with Crippen LogP contribution in [0, 0.1) is 0 Å². The molecule has 0 aromatic heterocycles. The van der Waals surface area contributed by atoms with Crippen molar-refractivity contribution in [1.82, 2.24) is 0 Å². The number of hydrogen-bond acceptors (Lipinski definition) is 4. The summed E-state index contributed by atoms with van der Waals surface area (Å²) in [7, 11) is 0. The second-order valence-electron chi connectivity index (χ2n) is 6.67. The first-order valence-corrected chi connectivity index (χ1v) is 11.5. The Morgan fingerprint density at radius 2 is 1.69 bits per heavy atom. The minimum atomic E-state index is -1.08. The number of nitrogens with one attached hydrogen (secondary N) is 1. The number of benzene rings is 3. The SMILES string of the molecule is CCOc1cc(CNc2ccc(Cl)c(C(=O)O)c2)c(Br)cc1OCc1c(Cl)cccc1Cl. The Morgan fingerprint density at radius 1 is 1.00 bits per heavy atom. The molecule has 0 aliphatic rings. The van der Waals surface area contributed by atoms with E-state index in [4.69, 9.17) is 44.3 Å². The van der Waals surface area contributed by atoms with Crippen molar-refractivity contribution in [3.63, 3.8) is 0 Å². The van der Waals surface area contributed by atoms with E-state index in [0.29, 0.717) is 45.9 Å². The molecule has 3 aromatic carbocycles. The van der Waals surface area contributed by atoms with Crippen LogP contribution >= 0.6 is 50.7 Å². The van der Waals surface area contributed by atoms with E-state index in [1.807, 2.05) is 19.1 Å². The molecular formula is C23H19BrCl3NO4. The average molecular weight is 560 g/mol. The number of carbonyl (C=O) groups is 1. The van der Waals surface area contributed by atoms with Gasteiger partial charge in [0.05, 0.1) is 17.2 Å². The molecule has 0 amide bonds. The second kappa shape index (κ2) is 11.1. The minimum Gasteiger partial charge on any atom is -0.490 e. The number of carboxylic acid groups (broad SMARTS) is 1. The van der Waals surface area contributed by atoms with Gasteiger partial charge >= 0.3 is 5.97 Å². The normalized spacial score (nSPS) is 10.7. The molecule has 32 heavy (non-hydrogen) atoms. The van der Waals surface area contributed by atoms with Crippen LogP contribution in [-0.2, 0) is 13.2 Å². The van der Waals surface area contributed by atoms with Crippen molar-refractivity contribution in [3.05, 3.63) is 84.8 Å². The molecule has 2 N–H and O–H groups in total. The first kappa shape index (κ1) is 24.5. The van der Waals surface area contributed by atoms with E-state index in [9.17, 15) is 9.90 Å². The number of rotatable bonds is 9. The Labute approximate surface area is 209 Å². The van der Waals surface area contributed by atoms with Crippen molar-refractivity contribution in [2.45, 2.75) is 20.1 Å².